The van der Waals surface area contributed by atoms with Gasteiger partial charge in [0.25, 0.3) is 0 Å². The minimum atomic E-state index is -0.196. The summed E-state index contributed by atoms with van der Waals surface area (Å²) in [7, 11) is 0. The van der Waals surface area contributed by atoms with Crippen molar-refractivity contribution in [1.82, 2.24) is 4.90 Å². The number of nitrogens with zero attached hydrogens (tertiary/aromatic N) is 1. The van der Waals surface area contributed by atoms with E-state index in [-0.39, 0.29) is 17.1 Å². The first-order chi connectivity index (χ1) is 14.2. The van der Waals surface area contributed by atoms with Crippen LogP contribution in [-0.2, 0) is 11.2 Å². The molecule has 2 aliphatic heterocycles. The largest absolute Gasteiger partial charge is 0.487 e. The van der Waals surface area contributed by atoms with E-state index in [4.69, 9.17) is 9.47 Å². The van der Waals surface area contributed by atoms with Crippen molar-refractivity contribution >= 4 is 6.09 Å². The molecule has 0 unspecified atom stereocenters. The zero-order valence-corrected chi connectivity index (χ0v) is 18.7. The average Bonchev–Trinajstić information content (AvgIpc) is 2.72. The van der Waals surface area contributed by atoms with Gasteiger partial charge in [0.15, 0.2) is 0 Å². The Balaban J connectivity index is 1.39. The lowest BCUT2D eigenvalue weighted by molar-refractivity contribution is -0.0171. The molecule has 4 nitrogen and oxygen atoms in total. The molecule has 0 aromatic heterocycles. The van der Waals surface area contributed by atoms with Crippen LogP contribution >= 0.6 is 0 Å². The minimum Gasteiger partial charge on any atom is -0.487 e. The fraction of sp³-hybridized carbons (Fsp3) is 0.500. The van der Waals surface area contributed by atoms with E-state index >= 15 is 0 Å². The molecule has 2 aliphatic rings. The summed E-state index contributed by atoms with van der Waals surface area (Å²) in [5.74, 6) is 1.00. The molecule has 0 atom stereocenters. The van der Waals surface area contributed by atoms with E-state index in [0.717, 1.165) is 31.4 Å². The summed E-state index contributed by atoms with van der Waals surface area (Å²) < 4.78 is 12.0. The number of fused-ring (bicyclic) bond motifs is 1. The van der Waals surface area contributed by atoms with Gasteiger partial charge in [-0.3, -0.25) is 0 Å². The number of aryl methyl sites for hydroxylation is 2. The Hall–Kier alpha value is -2.49. The van der Waals surface area contributed by atoms with Crippen molar-refractivity contribution in [2.24, 2.45) is 5.41 Å². The highest BCUT2D eigenvalue weighted by molar-refractivity contribution is 5.68. The monoisotopic (exact) mass is 407 g/mol. The molecule has 2 aromatic carbocycles. The molecule has 0 saturated carbocycles. The van der Waals surface area contributed by atoms with Gasteiger partial charge < -0.3 is 14.4 Å². The number of hydrogen-bond donors (Lipinski definition) is 0. The molecule has 0 N–H and O–H groups in total. The Kier molecular flexibility index (Phi) is 5.52. The van der Waals surface area contributed by atoms with Gasteiger partial charge in [-0.05, 0) is 54.0 Å². The molecule has 1 spiro atoms. The number of hydrogen-bond acceptors (Lipinski definition) is 3. The Morgan fingerprint density at radius 3 is 2.37 bits per heavy atom. The highest BCUT2D eigenvalue weighted by Crippen LogP contribution is 2.41. The van der Waals surface area contributed by atoms with Crippen LogP contribution in [0.5, 0.6) is 5.75 Å². The van der Waals surface area contributed by atoms with Crippen molar-refractivity contribution in [2.75, 3.05) is 19.7 Å². The van der Waals surface area contributed by atoms with Gasteiger partial charge in [0, 0.05) is 25.9 Å². The van der Waals surface area contributed by atoms with Crippen molar-refractivity contribution < 1.29 is 14.3 Å². The number of ether oxygens (including phenoxy) is 2. The van der Waals surface area contributed by atoms with E-state index in [1.807, 2.05) is 4.90 Å². The predicted molar refractivity (Wildman–Crippen MR) is 120 cm³/mol. The smallest absolute Gasteiger partial charge is 0.409 e. The summed E-state index contributed by atoms with van der Waals surface area (Å²) in [4.78, 5) is 14.2. The molecule has 1 saturated heterocycles. The van der Waals surface area contributed by atoms with Crippen LogP contribution in [0.25, 0.3) is 11.1 Å². The van der Waals surface area contributed by atoms with Gasteiger partial charge in [0.1, 0.15) is 11.4 Å². The predicted octanol–water partition coefficient (Wildman–Crippen LogP) is 6.00. The second-order valence-electron chi connectivity index (χ2n) is 10.1. The molecule has 30 heavy (non-hydrogen) atoms. The van der Waals surface area contributed by atoms with Crippen molar-refractivity contribution in [3.8, 4) is 16.9 Å². The van der Waals surface area contributed by atoms with E-state index in [9.17, 15) is 4.79 Å². The molecule has 4 heteroatoms. The van der Waals surface area contributed by atoms with E-state index in [0.29, 0.717) is 19.7 Å². The Morgan fingerprint density at radius 1 is 1.03 bits per heavy atom. The van der Waals surface area contributed by atoms with Crippen LogP contribution in [0.3, 0.4) is 0 Å². The second kappa shape index (κ2) is 7.98. The summed E-state index contributed by atoms with van der Waals surface area (Å²) >= 11 is 0. The van der Waals surface area contributed by atoms with Crippen molar-refractivity contribution in [3.63, 3.8) is 0 Å². The van der Waals surface area contributed by atoms with E-state index in [1.165, 1.54) is 22.3 Å². The zero-order valence-electron chi connectivity index (χ0n) is 18.7. The third kappa shape index (κ3) is 4.63. The SMILES string of the molecule is Cc1ccc(-c2ccc3c(c2)CCC2(CCN(C(=O)OCC(C)(C)C)CC2)O3)cc1. The van der Waals surface area contributed by atoms with Crippen molar-refractivity contribution in [2.45, 2.75) is 59.0 Å². The third-order valence-corrected chi connectivity index (χ3v) is 6.18. The third-order valence-electron chi connectivity index (χ3n) is 6.18. The normalized spacial score (nSPS) is 17.9. The number of piperidine rings is 1. The topological polar surface area (TPSA) is 38.8 Å². The van der Waals surface area contributed by atoms with Gasteiger partial charge in [0.05, 0.1) is 6.61 Å². The first-order valence-electron chi connectivity index (χ1n) is 11.0. The summed E-state index contributed by atoms with van der Waals surface area (Å²) in [6.07, 6.45) is 3.54. The Bertz CT molecular complexity index is 903. The number of carbonyl (C=O) groups is 1. The first-order valence-corrected chi connectivity index (χ1v) is 11.0. The van der Waals surface area contributed by atoms with Crippen LogP contribution in [-0.4, -0.2) is 36.3 Å². The highest BCUT2D eigenvalue weighted by Gasteiger charge is 2.40. The van der Waals surface area contributed by atoms with Gasteiger partial charge in [-0.25, -0.2) is 4.79 Å². The first kappa shape index (κ1) is 20.8. The molecule has 1 fully saturated rings. The molecule has 2 aromatic rings. The Morgan fingerprint density at radius 2 is 1.70 bits per heavy atom. The van der Waals surface area contributed by atoms with Gasteiger partial charge in [-0.2, -0.15) is 0 Å². The summed E-state index contributed by atoms with van der Waals surface area (Å²) in [5, 5.41) is 0. The zero-order chi connectivity index (χ0) is 21.4. The molecule has 160 valence electrons. The van der Waals surface area contributed by atoms with Crippen LogP contribution in [0.1, 0.15) is 51.2 Å². The standard InChI is InChI=1S/C26H33NO3/c1-19-5-7-20(8-6-19)21-9-10-23-22(17-21)11-12-26(30-23)13-15-27(16-14-26)24(28)29-18-25(2,3)4/h5-10,17H,11-16,18H2,1-4H3. The maximum atomic E-state index is 12.4. The molecule has 1 amide bonds. The van der Waals surface area contributed by atoms with Crippen LogP contribution < -0.4 is 4.74 Å². The number of rotatable bonds is 2. The van der Waals surface area contributed by atoms with Gasteiger partial charge >= 0.3 is 6.09 Å². The molecule has 0 bridgehead atoms. The molecule has 0 aliphatic carbocycles. The fourth-order valence-electron chi connectivity index (χ4n) is 4.27. The molecule has 0 radical (unpaired) electrons. The second-order valence-corrected chi connectivity index (χ2v) is 10.1. The Labute approximate surface area is 180 Å². The number of carbonyl (C=O) groups excluding carboxylic acids is 1. The number of amides is 1. The average molecular weight is 408 g/mol. The van der Waals surface area contributed by atoms with Crippen molar-refractivity contribution in [3.05, 3.63) is 53.6 Å². The van der Waals surface area contributed by atoms with E-state index in [1.54, 1.807) is 0 Å². The van der Waals surface area contributed by atoms with E-state index < -0.39 is 0 Å². The van der Waals surface area contributed by atoms with Gasteiger partial charge in [0.2, 0.25) is 0 Å². The van der Waals surface area contributed by atoms with Crippen molar-refractivity contribution in [1.29, 1.82) is 0 Å². The maximum Gasteiger partial charge on any atom is 0.409 e. The summed E-state index contributed by atoms with van der Waals surface area (Å²) in [6.45, 7) is 10.2. The van der Waals surface area contributed by atoms with Crippen LogP contribution in [0.2, 0.25) is 0 Å². The van der Waals surface area contributed by atoms with Crippen LogP contribution in [0.4, 0.5) is 4.79 Å². The lowest BCUT2D eigenvalue weighted by Crippen LogP contribution is -2.51. The lowest BCUT2D eigenvalue weighted by Gasteiger charge is -2.44. The van der Waals surface area contributed by atoms with E-state index in [2.05, 4.69) is 70.2 Å². The highest BCUT2D eigenvalue weighted by atomic mass is 16.6. The van der Waals surface area contributed by atoms with Crippen LogP contribution in [0, 0.1) is 12.3 Å². The number of benzene rings is 2. The minimum absolute atomic E-state index is 0.0136. The molecule has 4 rings (SSSR count). The fourth-order valence-corrected chi connectivity index (χ4v) is 4.27. The lowest BCUT2D eigenvalue weighted by atomic mass is 9.82. The van der Waals surface area contributed by atoms with Crippen LogP contribution in [0.15, 0.2) is 42.5 Å². The summed E-state index contributed by atoms with van der Waals surface area (Å²) in [6, 6.07) is 15.2. The molecular weight excluding hydrogens is 374 g/mol. The number of likely N-dealkylation sites (tertiary alicyclic amines) is 1. The van der Waals surface area contributed by atoms with Gasteiger partial charge in [-0.1, -0.05) is 56.7 Å². The quantitative estimate of drug-likeness (QED) is 0.612. The molecular formula is C26H33NO3. The summed E-state index contributed by atoms with van der Waals surface area (Å²) in [5.41, 5.74) is 4.87. The molecule has 2 heterocycles. The van der Waals surface area contributed by atoms with Gasteiger partial charge in [-0.15, -0.1) is 0 Å². The maximum absolute atomic E-state index is 12.4.